The fraction of sp³-hybridized carbons (Fsp3) is 0.458. The van der Waals surface area contributed by atoms with Crippen LogP contribution >= 0.6 is 0 Å². The summed E-state index contributed by atoms with van der Waals surface area (Å²) in [6.45, 7) is 5.81. The van der Waals surface area contributed by atoms with Gasteiger partial charge in [-0.25, -0.2) is 0 Å². The van der Waals surface area contributed by atoms with Crippen molar-refractivity contribution in [3.63, 3.8) is 0 Å². The molecule has 1 aliphatic heterocycles. The lowest BCUT2D eigenvalue weighted by Gasteiger charge is -2.39. The van der Waals surface area contributed by atoms with Crippen LogP contribution < -0.4 is 10.1 Å². The summed E-state index contributed by atoms with van der Waals surface area (Å²) >= 11 is 0. The smallest absolute Gasteiger partial charge is 0.251 e. The summed E-state index contributed by atoms with van der Waals surface area (Å²) < 4.78 is 11.1. The molecule has 4 heteroatoms. The minimum atomic E-state index is -0.0811. The van der Waals surface area contributed by atoms with Crippen LogP contribution in [0.15, 0.2) is 54.6 Å². The van der Waals surface area contributed by atoms with E-state index in [9.17, 15) is 4.79 Å². The van der Waals surface area contributed by atoms with Gasteiger partial charge in [0.25, 0.3) is 5.91 Å². The Bertz CT molecular complexity index is 755. The highest BCUT2D eigenvalue weighted by Gasteiger charge is 2.33. The van der Waals surface area contributed by atoms with E-state index in [1.54, 1.807) is 19.2 Å². The van der Waals surface area contributed by atoms with Gasteiger partial charge in [-0.2, -0.15) is 0 Å². The Balaban J connectivity index is 1.63. The van der Waals surface area contributed by atoms with Crippen molar-refractivity contribution in [3.8, 4) is 5.75 Å². The zero-order valence-electron chi connectivity index (χ0n) is 17.1. The van der Waals surface area contributed by atoms with Crippen LogP contribution in [0.2, 0.25) is 0 Å². The van der Waals surface area contributed by atoms with Crippen LogP contribution in [0.25, 0.3) is 0 Å². The second-order valence-corrected chi connectivity index (χ2v) is 8.15. The number of carbonyl (C=O) groups excluding carboxylic acids is 1. The molecular weight excluding hydrogens is 350 g/mol. The molecule has 0 aliphatic carbocycles. The van der Waals surface area contributed by atoms with E-state index in [4.69, 9.17) is 9.47 Å². The molecule has 1 fully saturated rings. The van der Waals surface area contributed by atoms with E-state index in [2.05, 4.69) is 49.5 Å². The third-order valence-electron chi connectivity index (χ3n) is 5.63. The topological polar surface area (TPSA) is 47.6 Å². The van der Waals surface area contributed by atoms with Crippen molar-refractivity contribution in [1.82, 2.24) is 5.32 Å². The highest BCUT2D eigenvalue weighted by atomic mass is 16.5. The summed E-state index contributed by atoms with van der Waals surface area (Å²) in [7, 11) is 1.62. The summed E-state index contributed by atoms with van der Waals surface area (Å²) in [6, 6.07) is 17.9. The molecular formula is C24H31NO3. The molecule has 2 aromatic rings. The Labute approximate surface area is 168 Å². The lowest BCUT2D eigenvalue weighted by Crippen LogP contribution is -2.37. The van der Waals surface area contributed by atoms with Gasteiger partial charge in [-0.3, -0.25) is 4.79 Å². The maximum absolute atomic E-state index is 12.5. The number of ether oxygens (including phenoxy) is 2. The van der Waals surface area contributed by atoms with Gasteiger partial charge in [0.05, 0.1) is 12.7 Å². The standard InChI is InChI=1S/C24H31NO3/c1-24(2)17-20(14-16-28-24)22(18-7-5-4-6-8-18)13-15-25-23(26)19-9-11-21(27-3)12-10-19/h4-12,20,22H,13-17H2,1-3H3,(H,25,26)/t20-,22-/m1/s1. The molecule has 0 unspecified atom stereocenters. The number of carbonyl (C=O) groups is 1. The van der Waals surface area contributed by atoms with Crippen molar-refractivity contribution in [2.24, 2.45) is 5.92 Å². The van der Waals surface area contributed by atoms with Crippen molar-refractivity contribution in [2.45, 2.75) is 44.6 Å². The molecule has 1 aliphatic rings. The molecule has 1 N–H and O–H groups in total. The molecule has 1 amide bonds. The zero-order chi connectivity index (χ0) is 20.0. The lowest BCUT2D eigenvalue weighted by atomic mass is 9.75. The third-order valence-corrected chi connectivity index (χ3v) is 5.63. The molecule has 1 heterocycles. The van der Waals surface area contributed by atoms with E-state index >= 15 is 0 Å². The molecule has 28 heavy (non-hydrogen) atoms. The minimum absolute atomic E-state index is 0.0400. The van der Waals surface area contributed by atoms with Crippen LogP contribution in [0.3, 0.4) is 0 Å². The Kier molecular flexibility index (Phi) is 6.74. The molecule has 0 spiro atoms. The molecule has 4 nitrogen and oxygen atoms in total. The van der Waals surface area contributed by atoms with E-state index < -0.39 is 0 Å². The summed E-state index contributed by atoms with van der Waals surface area (Å²) in [4.78, 5) is 12.5. The Morgan fingerprint density at radius 3 is 2.54 bits per heavy atom. The maximum atomic E-state index is 12.5. The zero-order valence-corrected chi connectivity index (χ0v) is 17.1. The summed E-state index contributed by atoms with van der Waals surface area (Å²) in [5.74, 6) is 1.69. The third kappa shape index (κ3) is 5.35. The molecule has 0 radical (unpaired) electrons. The van der Waals surface area contributed by atoms with Gasteiger partial charge in [0, 0.05) is 18.7 Å². The van der Waals surface area contributed by atoms with Gasteiger partial charge in [0.15, 0.2) is 0 Å². The lowest BCUT2D eigenvalue weighted by molar-refractivity contribution is -0.0771. The summed E-state index contributed by atoms with van der Waals surface area (Å²) in [5, 5.41) is 3.09. The highest BCUT2D eigenvalue weighted by Crippen LogP contribution is 2.39. The molecule has 0 saturated carbocycles. The van der Waals surface area contributed by atoms with Crippen LogP contribution in [0.1, 0.15) is 54.9 Å². The number of hydrogen-bond donors (Lipinski definition) is 1. The summed E-state index contributed by atoms with van der Waals surface area (Å²) in [6.07, 6.45) is 3.03. The van der Waals surface area contributed by atoms with Gasteiger partial charge in [-0.05, 0) is 74.8 Å². The van der Waals surface area contributed by atoms with Gasteiger partial charge >= 0.3 is 0 Å². The predicted octanol–water partition coefficient (Wildman–Crippen LogP) is 4.80. The first kappa shape index (κ1) is 20.4. The second-order valence-electron chi connectivity index (χ2n) is 8.15. The number of nitrogens with one attached hydrogen (secondary N) is 1. The van der Waals surface area contributed by atoms with E-state index in [0.717, 1.165) is 31.6 Å². The van der Waals surface area contributed by atoms with Crippen molar-refractivity contribution in [3.05, 3.63) is 65.7 Å². The van der Waals surface area contributed by atoms with E-state index in [-0.39, 0.29) is 11.5 Å². The summed E-state index contributed by atoms with van der Waals surface area (Å²) in [5.41, 5.74) is 1.93. The fourth-order valence-electron chi connectivity index (χ4n) is 4.18. The molecule has 3 rings (SSSR count). The Morgan fingerprint density at radius 1 is 1.18 bits per heavy atom. The monoisotopic (exact) mass is 381 g/mol. The molecule has 1 saturated heterocycles. The number of benzene rings is 2. The molecule has 150 valence electrons. The Hall–Kier alpha value is -2.33. The van der Waals surface area contributed by atoms with Gasteiger partial charge in [0.2, 0.25) is 0 Å². The van der Waals surface area contributed by atoms with Crippen molar-refractivity contribution in [2.75, 3.05) is 20.3 Å². The number of rotatable bonds is 7. The quantitative estimate of drug-likeness (QED) is 0.749. The highest BCUT2D eigenvalue weighted by molar-refractivity contribution is 5.94. The first-order valence-electron chi connectivity index (χ1n) is 10.1. The van der Waals surface area contributed by atoms with E-state index in [0.29, 0.717) is 23.9 Å². The second kappa shape index (κ2) is 9.24. The van der Waals surface area contributed by atoms with Crippen LogP contribution in [0.5, 0.6) is 5.75 Å². The fourth-order valence-corrected chi connectivity index (χ4v) is 4.18. The largest absolute Gasteiger partial charge is 0.497 e. The van der Waals surface area contributed by atoms with Crippen LogP contribution in [-0.4, -0.2) is 31.8 Å². The molecule has 0 bridgehead atoms. The van der Waals surface area contributed by atoms with Crippen LogP contribution in [-0.2, 0) is 4.74 Å². The van der Waals surface area contributed by atoms with Gasteiger partial charge in [0.1, 0.15) is 5.75 Å². The van der Waals surface area contributed by atoms with E-state index in [1.807, 2.05) is 12.1 Å². The average molecular weight is 382 g/mol. The molecule has 2 atom stereocenters. The van der Waals surface area contributed by atoms with Crippen molar-refractivity contribution in [1.29, 1.82) is 0 Å². The van der Waals surface area contributed by atoms with Gasteiger partial charge in [-0.1, -0.05) is 30.3 Å². The van der Waals surface area contributed by atoms with Crippen LogP contribution in [0.4, 0.5) is 0 Å². The van der Waals surface area contributed by atoms with Gasteiger partial charge in [-0.15, -0.1) is 0 Å². The number of hydrogen-bond acceptors (Lipinski definition) is 3. The van der Waals surface area contributed by atoms with Crippen molar-refractivity contribution < 1.29 is 14.3 Å². The first-order chi connectivity index (χ1) is 13.5. The van der Waals surface area contributed by atoms with Crippen molar-refractivity contribution >= 4 is 5.91 Å². The minimum Gasteiger partial charge on any atom is -0.497 e. The van der Waals surface area contributed by atoms with Crippen LogP contribution in [0, 0.1) is 5.92 Å². The van der Waals surface area contributed by atoms with Gasteiger partial charge < -0.3 is 14.8 Å². The number of amides is 1. The predicted molar refractivity (Wildman–Crippen MR) is 112 cm³/mol. The maximum Gasteiger partial charge on any atom is 0.251 e. The van der Waals surface area contributed by atoms with E-state index in [1.165, 1.54) is 5.56 Å². The SMILES string of the molecule is COc1ccc(C(=O)NCC[C@H](c2ccccc2)[C@@H]2CCOC(C)(C)C2)cc1. The average Bonchev–Trinajstić information content (AvgIpc) is 2.71. The number of methoxy groups -OCH3 is 1. The normalized spacial score (nSPS) is 19.6. The Morgan fingerprint density at radius 2 is 1.89 bits per heavy atom. The first-order valence-corrected chi connectivity index (χ1v) is 10.1. The molecule has 2 aromatic carbocycles. The molecule has 0 aromatic heterocycles.